The second kappa shape index (κ2) is 7.09. The molecule has 0 unspecified atom stereocenters. The number of rotatable bonds is 5. The van der Waals surface area contributed by atoms with Crippen molar-refractivity contribution in [1.29, 1.82) is 0 Å². The summed E-state index contributed by atoms with van der Waals surface area (Å²) in [4.78, 5) is 16.0. The van der Waals surface area contributed by atoms with E-state index in [1.807, 2.05) is 25.1 Å². The molecule has 0 bridgehead atoms. The Bertz CT molecular complexity index is 627. The molecule has 0 saturated heterocycles. The van der Waals surface area contributed by atoms with Gasteiger partial charge in [0.05, 0.1) is 12.2 Å². The molecule has 0 spiro atoms. The zero-order chi connectivity index (χ0) is 15.2. The number of hydrogen-bond acceptors (Lipinski definition) is 3. The number of amides is 1. The van der Waals surface area contributed by atoms with Crippen LogP contribution in [-0.4, -0.2) is 17.5 Å². The average molecular weight is 305 g/mol. The van der Waals surface area contributed by atoms with Crippen molar-refractivity contribution in [2.24, 2.45) is 0 Å². The maximum absolute atomic E-state index is 12.1. The summed E-state index contributed by atoms with van der Waals surface area (Å²) in [5.74, 6) is 0.588. The van der Waals surface area contributed by atoms with Gasteiger partial charge in [0.1, 0.15) is 10.9 Å². The Kier molecular flexibility index (Phi) is 5.17. The van der Waals surface area contributed by atoms with Gasteiger partial charge in [-0.3, -0.25) is 4.79 Å². The molecule has 1 amide bonds. The molecule has 5 heteroatoms. The Morgan fingerprint density at radius 3 is 2.76 bits per heavy atom. The second-order valence-corrected chi connectivity index (χ2v) is 5.04. The summed E-state index contributed by atoms with van der Waals surface area (Å²) in [7, 11) is 0. The maximum Gasteiger partial charge on any atom is 0.257 e. The Balaban J connectivity index is 2.08. The van der Waals surface area contributed by atoms with Crippen molar-refractivity contribution >= 4 is 23.2 Å². The van der Waals surface area contributed by atoms with Crippen LogP contribution in [0.15, 0.2) is 36.5 Å². The number of ether oxygens (including phenoxy) is 1. The van der Waals surface area contributed by atoms with Gasteiger partial charge in [0, 0.05) is 11.9 Å². The van der Waals surface area contributed by atoms with Gasteiger partial charge in [-0.15, -0.1) is 0 Å². The average Bonchev–Trinajstić information content (AvgIpc) is 2.48. The molecular formula is C16H17ClN2O2. The van der Waals surface area contributed by atoms with Crippen LogP contribution in [0.5, 0.6) is 5.75 Å². The third kappa shape index (κ3) is 4.20. The first-order valence-electron chi connectivity index (χ1n) is 6.76. The third-order valence-corrected chi connectivity index (χ3v) is 3.13. The summed E-state index contributed by atoms with van der Waals surface area (Å²) >= 11 is 5.70. The van der Waals surface area contributed by atoms with Crippen molar-refractivity contribution in [2.45, 2.75) is 20.3 Å². The lowest BCUT2D eigenvalue weighted by Gasteiger charge is -2.11. The van der Waals surface area contributed by atoms with Crippen molar-refractivity contribution in [3.05, 3.63) is 52.8 Å². The van der Waals surface area contributed by atoms with Gasteiger partial charge in [-0.25, -0.2) is 4.98 Å². The van der Waals surface area contributed by atoms with Crippen LogP contribution in [0.25, 0.3) is 0 Å². The first-order chi connectivity index (χ1) is 10.1. The van der Waals surface area contributed by atoms with Crippen LogP contribution in [0, 0.1) is 6.92 Å². The standard InChI is InChI=1S/C16H17ClN2O2/c1-3-8-21-13-5-6-14(11(2)9-13)19-16(20)12-4-7-15(17)18-10-12/h4-7,9-10H,3,8H2,1-2H3,(H,19,20). The first-order valence-corrected chi connectivity index (χ1v) is 7.14. The highest BCUT2D eigenvalue weighted by molar-refractivity contribution is 6.29. The topological polar surface area (TPSA) is 51.2 Å². The monoisotopic (exact) mass is 304 g/mol. The SMILES string of the molecule is CCCOc1ccc(NC(=O)c2ccc(Cl)nc2)c(C)c1. The van der Waals surface area contributed by atoms with Crippen molar-refractivity contribution in [2.75, 3.05) is 11.9 Å². The summed E-state index contributed by atoms with van der Waals surface area (Å²) in [6, 6.07) is 8.81. The van der Waals surface area contributed by atoms with Crippen molar-refractivity contribution in [1.82, 2.24) is 4.98 Å². The summed E-state index contributed by atoms with van der Waals surface area (Å²) in [6.07, 6.45) is 2.41. The zero-order valence-electron chi connectivity index (χ0n) is 12.0. The number of aromatic nitrogens is 1. The van der Waals surface area contributed by atoms with E-state index in [9.17, 15) is 4.79 Å². The minimum atomic E-state index is -0.218. The summed E-state index contributed by atoms with van der Waals surface area (Å²) in [5.41, 5.74) is 2.16. The molecule has 0 radical (unpaired) electrons. The highest BCUT2D eigenvalue weighted by Gasteiger charge is 2.09. The lowest BCUT2D eigenvalue weighted by molar-refractivity contribution is 0.102. The highest BCUT2D eigenvalue weighted by atomic mass is 35.5. The third-order valence-electron chi connectivity index (χ3n) is 2.91. The minimum Gasteiger partial charge on any atom is -0.494 e. The van der Waals surface area contributed by atoms with E-state index in [1.165, 1.54) is 6.20 Å². The van der Waals surface area contributed by atoms with Gasteiger partial charge in [-0.1, -0.05) is 18.5 Å². The van der Waals surface area contributed by atoms with Crippen molar-refractivity contribution in [3.8, 4) is 5.75 Å². The fourth-order valence-corrected chi connectivity index (χ4v) is 1.90. The number of pyridine rings is 1. The second-order valence-electron chi connectivity index (χ2n) is 4.65. The van der Waals surface area contributed by atoms with Gasteiger partial charge in [-0.2, -0.15) is 0 Å². The number of nitrogens with one attached hydrogen (secondary N) is 1. The number of anilines is 1. The molecule has 4 nitrogen and oxygen atoms in total. The van der Waals surface area contributed by atoms with E-state index in [-0.39, 0.29) is 5.91 Å². The van der Waals surface area contributed by atoms with Gasteiger partial charge in [0.25, 0.3) is 5.91 Å². The predicted octanol–water partition coefficient (Wildman–Crippen LogP) is 4.08. The Labute approximate surface area is 129 Å². The summed E-state index contributed by atoms with van der Waals surface area (Å²) in [5, 5.41) is 3.21. The van der Waals surface area contributed by atoms with E-state index < -0.39 is 0 Å². The van der Waals surface area contributed by atoms with Gasteiger partial charge in [0.2, 0.25) is 0 Å². The van der Waals surface area contributed by atoms with Crippen LogP contribution in [0.3, 0.4) is 0 Å². The van der Waals surface area contributed by atoms with Crippen LogP contribution in [0.2, 0.25) is 5.15 Å². The molecule has 0 fully saturated rings. The number of hydrogen-bond donors (Lipinski definition) is 1. The van der Waals surface area contributed by atoms with Crippen molar-refractivity contribution < 1.29 is 9.53 Å². The largest absolute Gasteiger partial charge is 0.494 e. The van der Waals surface area contributed by atoms with E-state index >= 15 is 0 Å². The maximum atomic E-state index is 12.1. The number of carbonyl (C=O) groups excluding carboxylic acids is 1. The predicted molar refractivity (Wildman–Crippen MR) is 84.2 cm³/mol. The lowest BCUT2D eigenvalue weighted by Crippen LogP contribution is -2.13. The Morgan fingerprint density at radius 1 is 1.33 bits per heavy atom. The lowest BCUT2D eigenvalue weighted by atomic mass is 10.1. The fraction of sp³-hybridized carbons (Fsp3) is 0.250. The van der Waals surface area contributed by atoms with Gasteiger partial charge in [-0.05, 0) is 49.2 Å². The van der Waals surface area contributed by atoms with E-state index in [2.05, 4.69) is 17.2 Å². The molecule has 0 saturated carbocycles. The molecule has 1 N–H and O–H groups in total. The molecule has 110 valence electrons. The molecule has 0 aliphatic carbocycles. The smallest absolute Gasteiger partial charge is 0.257 e. The molecular weight excluding hydrogens is 288 g/mol. The van der Waals surface area contributed by atoms with Crippen LogP contribution in [0.4, 0.5) is 5.69 Å². The van der Waals surface area contributed by atoms with E-state index in [0.717, 1.165) is 23.4 Å². The van der Waals surface area contributed by atoms with Crippen LogP contribution in [-0.2, 0) is 0 Å². The molecule has 1 aromatic carbocycles. The van der Waals surface area contributed by atoms with Crippen LogP contribution in [0.1, 0.15) is 29.3 Å². The molecule has 2 aromatic rings. The molecule has 1 aromatic heterocycles. The number of halogens is 1. The van der Waals surface area contributed by atoms with E-state index in [0.29, 0.717) is 17.3 Å². The van der Waals surface area contributed by atoms with Crippen molar-refractivity contribution in [3.63, 3.8) is 0 Å². The van der Waals surface area contributed by atoms with Crippen LogP contribution >= 0.6 is 11.6 Å². The summed E-state index contributed by atoms with van der Waals surface area (Å²) < 4.78 is 5.56. The normalized spacial score (nSPS) is 10.2. The minimum absolute atomic E-state index is 0.218. The molecule has 1 heterocycles. The number of benzene rings is 1. The quantitative estimate of drug-likeness (QED) is 0.847. The molecule has 0 atom stereocenters. The fourth-order valence-electron chi connectivity index (χ4n) is 1.79. The summed E-state index contributed by atoms with van der Waals surface area (Å²) in [6.45, 7) is 4.66. The Hall–Kier alpha value is -2.07. The molecule has 21 heavy (non-hydrogen) atoms. The van der Waals surface area contributed by atoms with E-state index in [4.69, 9.17) is 16.3 Å². The van der Waals surface area contributed by atoms with Crippen LogP contribution < -0.4 is 10.1 Å². The molecule has 0 aliphatic heterocycles. The number of nitrogens with zero attached hydrogens (tertiary/aromatic N) is 1. The highest BCUT2D eigenvalue weighted by Crippen LogP contribution is 2.22. The van der Waals surface area contributed by atoms with Gasteiger partial charge in [0.15, 0.2) is 0 Å². The Morgan fingerprint density at radius 2 is 2.14 bits per heavy atom. The van der Waals surface area contributed by atoms with E-state index in [1.54, 1.807) is 12.1 Å². The van der Waals surface area contributed by atoms with Gasteiger partial charge >= 0.3 is 0 Å². The molecule has 2 rings (SSSR count). The molecule has 0 aliphatic rings. The zero-order valence-corrected chi connectivity index (χ0v) is 12.8. The number of carbonyl (C=O) groups is 1. The van der Waals surface area contributed by atoms with Gasteiger partial charge < -0.3 is 10.1 Å². The first kappa shape index (κ1) is 15.3. The number of aryl methyl sites for hydroxylation is 1.